The molecule has 2 aromatic rings. The third-order valence-corrected chi connectivity index (χ3v) is 4.59. The Morgan fingerprint density at radius 3 is 2.92 bits per heavy atom. The molecule has 1 fully saturated rings. The second-order valence-corrected chi connectivity index (χ2v) is 6.23. The maximum absolute atomic E-state index is 13.0. The lowest BCUT2D eigenvalue weighted by Gasteiger charge is -2.25. The van der Waals surface area contributed by atoms with Crippen LogP contribution in [0.5, 0.6) is 11.5 Å². The Bertz CT molecular complexity index is 714. The average molecular weight is 327 g/mol. The maximum atomic E-state index is 13.0. The number of fused-ring (bicyclic) bond motifs is 1. The number of rotatable bonds is 3. The van der Waals surface area contributed by atoms with E-state index in [1.807, 2.05) is 40.0 Å². The van der Waals surface area contributed by atoms with Gasteiger partial charge in [-0.25, -0.2) is 0 Å². The fourth-order valence-corrected chi connectivity index (χ4v) is 3.38. The summed E-state index contributed by atoms with van der Waals surface area (Å²) in [7, 11) is 0. The van der Waals surface area contributed by atoms with Crippen LogP contribution in [0, 0.1) is 0 Å². The lowest BCUT2D eigenvalue weighted by molar-refractivity contribution is 0.0721. The van der Waals surface area contributed by atoms with E-state index in [0.29, 0.717) is 24.5 Å². The van der Waals surface area contributed by atoms with Crippen molar-refractivity contribution in [3.8, 4) is 11.5 Å². The van der Waals surface area contributed by atoms with Crippen LogP contribution < -0.4 is 9.47 Å². The van der Waals surface area contributed by atoms with Crippen LogP contribution in [0.15, 0.2) is 36.7 Å². The molecule has 1 aromatic heterocycles. The molecule has 3 heterocycles. The number of hydrogen-bond acceptors (Lipinski definition) is 4. The quantitative estimate of drug-likeness (QED) is 0.868. The number of ether oxygens (including phenoxy) is 2. The van der Waals surface area contributed by atoms with Gasteiger partial charge >= 0.3 is 0 Å². The molecule has 6 nitrogen and oxygen atoms in total. The first-order chi connectivity index (χ1) is 11.8. The molecule has 1 saturated heterocycles. The van der Waals surface area contributed by atoms with Crippen LogP contribution in [-0.2, 0) is 6.54 Å². The summed E-state index contributed by atoms with van der Waals surface area (Å²) in [5, 5.41) is 4.26. The van der Waals surface area contributed by atoms with Gasteiger partial charge in [0.25, 0.3) is 5.91 Å². The zero-order valence-corrected chi connectivity index (χ0v) is 13.6. The molecule has 0 bridgehead atoms. The van der Waals surface area contributed by atoms with E-state index in [9.17, 15) is 4.79 Å². The van der Waals surface area contributed by atoms with E-state index < -0.39 is 0 Å². The summed E-state index contributed by atoms with van der Waals surface area (Å²) in [4.78, 5) is 14.9. The molecule has 2 aliphatic rings. The molecule has 0 spiro atoms. The maximum Gasteiger partial charge on any atom is 0.254 e. The summed E-state index contributed by atoms with van der Waals surface area (Å²) in [5.41, 5.74) is 0.659. The van der Waals surface area contributed by atoms with E-state index in [1.165, 1.54) is 0 Å². The predicted octanol–water partition coefficient (Wildman–Crippen LogP) is 2.35. The molecule has 0 aliphatic carbocycles. The Hall–Kier alpha value is -2.50. The number of carbonyl (C=O) groups excluding carboxylic acids is 1. The van der Waals surface area contributed by atoms with Gasteiger partial charge < -0.3 is 14.4 Å². The Balaban J connectivity index is 1.53. The zero-order valence-electron chi connectivity index (χ0n) is 13.6. The lowest BCUT2D eigenvalue weighted by atomic mass is 10.1. The minimum Gasteiger partial charge on any atom is -0.490 e. The van der Waals surface area contributed by atoms with Crippen LogP contribution in [0.3, 0.4) is 0 Å². The molecule has 4 rings (SSSR count). The molecule has 24 heavy (non-hydrogen) atoms. The van der Waals surface area contributed by atoms with E-state index in [-0.39, 0.29) is 11.9 Å². The Morgan fingerprint density at radius 1 is 1.21 bits per heavy atom. The van der Waals surface area contributed by atoms with Crippen molar-refractivity contribution in [3.63, 3.8) is 0 Å². The van der Waals surface area contributed by atoms with E-state index in [4.69, 9.17) is 9.47 Å². The third kappa shape index (κ3) is 2.96. The van der Waals surface area contributed by atoms with Crippen LogP contribution in [0.4, 0.5) is 0 Å². The van der Waals surface area contributed by atoms with Crippen LogP contribution in [0.25, 0.3) is 0 Å². The first-order valence-electron chi connectivity index (χ1n) is 8.49. The van der Waals surface area contributed by atoms with Gasteiger partial charge in [0.05, 0.1) is 25.8 Å². The summed E-state index contributed by atoms with van der Waals surface area (Å²) in [6, 6.07) is 7.58. The zero-order chi connectivity index (χ0) is 16.4. The lowest BCUT2D eigenvalue weighted by Crippen LogP contribution is -2.38. The van der Waals surface area contributed by atoms with Crippen molar-refractivity contribution in [1.82, 2.24) is 14.7 Å². The highest BCUT2D eigenvalue weighted by Crippen LogP contribution is 2.31. The topological polar surface area (TPSA) is 56.6 Å². The smallest absolute Gasteiger partial charge is 0.254 e. The SMILES string of the molecule is O=C(c1ccc2c(c1)OCCCO2)N1CCCC1Cn1cccn1. The van der Waals surface area contributed by atoms with Crippen LogP contribution in [0.1, 0.15) is 29.6 Å². The molecule has 1 unspecified atom stereocenters. The molecule has 1 aromatic carbocycles. The summed E-state index contributed by atoms with van der Waals surface area (Å²) < 4.78 is 13.2. The van der Waals surface area contributed by atoms with Crippen molar-refractivity contribution in [3.05, 3.63) is 42.2 Å². The number of nitrogens with zero attached hydrogens (tertiary/aromatic N) is 3. The van der Waals surface area contributed by atoms with Crippen LogP contribution in [0.2, 0.25) is 0 Å². The van der Waals surface area contributed by atoms with Crippen molar-refractivity contribution in [2.45, 2.75) is 31.8 Å². The minimum absolute atomic E-state index is 0.0558. The molecule has 0 radical (unpaired) electrons. The van der Waals surface area contributed by atoms with Gasteiger partial charge in [0.1, 0.15) is 0 Å². The van der Waals surface area contributed by atoms with Gasteiger partial charge in [-0.2, -0.15) is 5.10 Å². The van der Waals surface area contributed by atoms with Gasteiger partial charge in [0.2, 0.25) is 0 Å². The fraction of sp³-hybridized carbons (Fsp3) is 0.444. The van der Waals surface area contributed by atoms with Crippen molar-refractivity contribution in [2.24, 2.45) is 0 Å². The average Bonchev–Trinajstić information content (AvgIpc) is 3.22. The van der Waals surface area contributed by atoms with Crippen LogP contribution >= 0.6 is 0 Å². The van der Waals surface area contributed by atoms with Crippen molar-refractivity contribution in [2.75, 3.05) is 19.8 Å². The highest BCUT2D eigenvalue weighted by Gasteiger charge is 2.30. The largest absolute Gasteiger partial charge is 0.490 e. The number of carbonyl (C=O) groups is 1. The standard InChI is InChI=1S/C18H21N3O3/c22-18(14-5-6-16-17(12-14)24-11-3-10-23-16)21-9-1-4-15(21)13-20-8-2-7-19-20/h2,5-8,12,15H,1,3-4,9-11,13H2. The van der Waals surface area contributed by atoms with Crippen molar-refractivity contribution >= 4 is 5.91 Å². The number of aromatic nitrogens is 2. The Morgan fingerprint density at radius 2 is 2.08 bits per heavy atom. The molecule has 126 valence electrons. The second kappa shape index (κ2) is 6.55. The summed E-state index contributed by atoms with van der Waals surface area (Å²) in [6.45, 7) is 2.80. The normalized spacial score (nSPS) is 20.0. The van der Waals surface area contributed by atoms with E-state index in [0.717, 1.165) is 38.1 Å². The second-order valence-electron chi connectivity index (χ2n) is 6.23. The third-order valence-electron chi connectivity index (χ3n) is 4.59. The fourth-order valence-electron chi connectivity index (χ4n) is 3.38. The number of likely N-dealkylation sites (tertiary alicyclic amines) is 1. The van der Waals surface area contributed by atoms with Gasteiger partial charge in [-0.15, -0.1) is 0 Å². The number of benzene rings is 1. The van der Waals surface area contributed by atoms with E-state index >= 15 is 0 Å². The van der Waals surface area contributed by atoms with Gasteiger partial charge in [-0.1, -0.05) is 0 Å². The molecule has 0 N–H and O–H groups in total. The molecule has 1 amide bonds. The highest BCUT2D eigenvalue weighted by molar-refractivity contribution is 5.95. The monoisotopic (exact) mass is 327 g/mol. The molecule has 1 atom stereocenters. The van der Waals surface area contributed by atoms with Crippen LogP contribution in [-0.4, -0.2) is 46.4 Å². The van der Waals surface area contributed by atoms with Gasteiger partial charge in [0, 0.05) is 30.9 Å². The summed E-state index contributed by atoms with van der Waals surface area (Å²) in [6.07, 6.45) is 6.61. The molecular formula is C18H21N3O3. The highest BCUT2D eigenvalue weighted by atomic mass is 16.5. The van der Waals surface area contributed by atoms with Crippen molar-refractivity contribution in [1.29, 1.82) is 0 Å². The van der Waals surface area contributed by atoms with E-state index in [2.05, 4.69) is 5.10 Å². The van der Waals surface area contributed by atoms with E-state index in [1.54, 1.807) is 6.20 Å². The van der Waals surface area contributed by atoms with Gasteiger partial charge in [-0.3, -0.25) is 9.48 Å². The first kappa shape index (κ1) is 15.1. The molecular weight excluding hydrogens is 306 g/mol. The summed E-state index contributed by atoms with van der Waals surface area (Å²) >= 11 is 0. The molecule has 0 saturated carbocycles. The minimum atomic E-state index is 0.0558. The summed E-state index contributed by atoms with van der Waals surface area (Å²) in [5.74, 6) is 1.44. The Labute approximate surface area is 141 Å². The van der Waals surface area contributed by atoms with Gasteiger partial charge in [-0.05, 0) is 37.1 Å². The predicted molar refractivity (Wildman–Crippen MR) is 88.3 cm³/mol. The number of hydrogen-bond donors (Lipinski definition) is 0. The first-order valence-corrected chi connectivity index (χ1v) is 8.49. The number of amides is 1. The Kier molecular flexibility index (Phi) is 4.11. The van der Waals surface area contributed by atoms with Crippen molar-refractivity contribution < 1.29 is 14.3 Å². The molecule has 6 heteroatoms. The van der Waals surface area contributed by atoms with Gasteiger partial charge in [0.15, 0.2) is 11.5 Å². The molecule has 2 aliphatic heterocycles.